The molecule has 1 aromatic carbocycles. The number of H-pyrrole nitrogens is 2. The molecule has 7 nitrogen and oxygen atoms in total. The Kier molecular flexibility index (Phi) is 4.30. The second-order valence-corrected chi connectivity index (χ2v) is 9.39. The van der Waals surface area contributed by atoms with Crippen molar-refractivity contribution in [2.24, 2.45) is 5.92 Å². The highest BCUT2D eigenvalue weighted by atomic mass is 32.2. The first-order valence-corrected chi connectivity index (χ1v) is 10.7. The lowest BCUT2D eigenvalue weighted by Gasteiger charge is -2.26. The Balaban J connectivity index is 1.77. The third-order valence-electron chi connectivity index (χ3n) is 5.04. The standard InChI is InChI=1S/C19H22N4O3S/c1-11(2)16(22-18-17-14(7-8-20-18)21-19(24)23-17)13-6-5-12-4-3-9-27(25,26)15(12)10-13/h5-8,10-11,16H,3-4,9H2,1-2H3,(H,20,22)(H2,21,23,24)/t16-/m1/s1. The summed E-state index contributed by atoms with van der Waals surface area (Å²) in [6.07, 6.45) is 3.09. The number of imidazole rings is 1. The van der Waals surface area contributed by atoms with E-state index in [1.54, 1.807) is 18.3 Å². The Morgan fingerprint density at radius 3 is 2.78 bits per heavy atom. The van der Waals surface area contributed by atoms with Gasteiger partial charge in [-0.15, -0.1) is 0 Å². The predicted molar refractivity (Wildman–Crippen MR) is 105 cm³/mol. The number of aryl methyl sites for hydroxylation is 1. The molecule has 4 rings (SSSR count). The van der Waals surface area contributed by atoms with Crippen LogP contribution in [-0.4, -0.2) is 29.1 Å². The maximum Gasteiger partial charge on any atom is 0.323 e. The van der Waals surface area contributed by atoms with Crippen molar-refractivity contribution in [1.29, 1.82) is 0 Å². The third-order valence-corrected chi connectivity index (χ3v) is 6.92. The molecule has 3 aromatic rings. The molecule has 1 atom stereocenters. The van der Waals surface area contributed by atoms with Crippen LogP contribution < -0.4 is 11.0 Å². The lowest BCUT2D eigenvalue weighted by molar-refractivity contribution is 0.542. The summed E-state index contributed by atoms with van der Waals surface area (Å²) in [6, 6.07) is 7.28. The zero-order valence-corrected chi connectivity index (χ0v) is 16.1. The van der Waals surface area contributed by atoms with Crippen LogP contribution in [0.2, 0.25) is 0 Å². The molecule has 0 unspecified atom stereocenters. The minimum Gasteiger partial charge on any atom is -0.361 e. The van der Waals surface area contributed by atoms with Crippen molar-refractivity contribution in [2.45, 2.75) is 37.6 Å². The molecule has 0 amide bonds. The largest absolute Gasteiger partial charge is 0.361 e. The highest BCUT2D eigenvalue weighted by Crippen LogP contribution is 2.32. The van der Waals surface area contributed by atoms with Gasteiger partial charge in [0, 0.05) is 6.20 Å². The lowest BCUT2D eigenvalue weighted by atomic mass is 9.94. The third kappa shape index (κ3) is 3.25. The van der Waals surface area contributed by atoms with Crippen LogP contribution in [0.15, 0.2) is 40.2 Å². The van der Waals surface area contributed by atoms with Gasteiger partial charge in [0.25, 0.3) is 0 Å². The summed E-state index contributed by atoms with van der Waals surface area (Å²) in [4.78, 5) is 21.9. The van der Waals surface area contributed by atoms with Gasteiger partial charge in [0.1, 0.15) is 5.52 Å². The quantitative estimate of drug-likeness (QED) is 0.639. The molecule has 0 spiro atoms. The Hall–Kier alpha value is -2.61. The number of hydrogen-bond donors (Lipinski definition) is 3. The summed E-state index contributed by atoms with van der Waals surface area (Å²) >= 11 is 0. The number of nitrogens with zero attached hydrogens (tertiary/aromatic N) is 1. The molecular weight excluding hydrogens is 364 g/mol. The van der Waals surface area contributed by atoms with Gasteiger partial charge in [-0.25, -0.2) is 18.2 Å². The normalized spacial score (nSPS) is 17.0. The molecular formula is C19H22N4O3S. The molecule has 1 aliphatic rings. The summed E-state index contributed by atoms with van der Waals surface area (Å²) in [5.74, 6) is 0.941. The van der Waals surface area contributed by atoms with Crippen LogP contribution in [0.25, 0.3) is 11.0 Å². The molecule has 0 radical (unpaired) electrons. The number of rotatable bonds is 4. The zero-order valence-electron chi connectivity index (χ0n) is 15.2. The summed E-state index contributed by atoms with van der Waals surface area (Å²) < 4.78 is 25.0. The molecule has 3 heterocycles. The number of pyridine rings is 1. The Labute approximate surface area is 157 Å². The second kappa shape index (κ2) is 6.53. The molecule has 1 aliphatic heterocycles. The van der Waals surface area contributed by atoms with Crippen LogP contribution in [0.4, 0.5) is 5.82 Å². The van der Waals surface area contributed by atoms with Crippen LogP contribution in [0, 0.1) is 5.92 Å². The first kappa shape index (κ1) is 17.8. The van der Waals surface area contributed by atoms with Gasteiger partial charge in [0.15, 0.2) is 15.7 Å². The number of nitrogens with one attached hydrogen (secondary N) is 3. The van der Waals surface area contributed by atoms with Gasteiger partial charge in [0.05, 0.1) is 22.2 Å². The van der Waals surface area contributed by atoms with Gasteiger partial charge in [-0.3, -0.25) is 0 Å². The minimum atomic E-state index is -3.22. The summed E-state index contributed by atoms with van der Waals surface area (Å²) in [5, 5.41) is 3.39. The van der Waals surface area contributed by atoms with E-state index in [2.05, 4.69) is 34.1 Å². The molecule has 0 fully saturated rings. The topological polar surface area (TPSA) is 108 Å². The molecule has 142 valence electrons. The van der Waals surface area contributed by atoms with Gasteiger partial charge in [-0.05, 0) is 42.0 Å². The summed E-state index contributed by atoms with van der Waals surface area (Å²) in [5.41, 5.74) is 2.78. The zero-order chi connectivity index (χ0) is 19.2. The van der Waals surface area contributed by atoms with Crippen molar-refractivity contribution in [2.75, 3.05) is 11.1 Å². The van der Waals surface area contributed by atoms with E-state index >= 15 is 0 Å². The predicted octanol–water partition coefficient (Wildman–Crippen LogP) is 2.78. The van der Waals surface area contributed by atoms with Crippen LogP contribution in [0.3, 0.4) is 0 Å². The Morgan fingerprint density at radius 2 is 2.00 bits per heavy atom. The lowest BCUT2D eigenvalue weighted by Crippen LogP contribution is -2.21. The van der Waals surface area contributed by atoms with Crippen molar-refractivity contribution in [3.63, 3.8) is 0 Å². The van der Waals surface area contributed by atoms with Crippen molar-refractivity contribution in [3.05, 3.63) is 52.1 Å². The number of anilines is 1. The first-order chi connectivity index (χ1) is 12.8. The van der Waals surface area contributed by atoms with Crippen LogP contribution in [0.1, 0.15) is 37.4 Å². The average molecular weight is 386 g/mol. The van der Waals surface area contributed by atoms with E-state index in [0.717, 1.165) is 17.5 Å². The summed E-state index contributed by atoms with van der Waals surface area (Å²) in [7, 11) is -3.22. The van der Waals surface area contributed by atoms with Gasteiger partial charge >= 0.3 is 5.69 Å². The number of sulfone groups is 1. The van der Waals surface area contributed by atoms with E-state index in [9.17, 15) is 13.2 Å². The molecule has 2 aromatic heterocycles. The van der Waals surface area contributed by atoms with E-state index in [1.807, 2.05) is 12.1 Å². The average Bonchev–Trinajstić information content (AvgIpc) is 3.00. The van der Waals surface area contributed by atoms with E-state index < -0.39 is 9.84 Å². The number of aromatic amines is 2. The number of aromatic nitrogens is 3. The van der Waals surface area contributed by atoms with E-state index in [4.69, 9.17) is 0 Å². The SMILES string of the molecule is CC(C)[C@@H](Nc1nccc2[nH]c(=O)[nH]c12)c1ccc2c(c1)S(=O)(=O)CCC2. The van der Waals surface area contributed by atoms with Gasteiger partial charge < -0.3 is 15.3 Å². The Morgan fingerprint density at radius 1 is 1.19 bits per heavy atom. The molecule has 0 bridgehead atoms. The summed E-state index contributed by atoms with van der Waals surface area (Å²) in [6.45, 7) is 4.12. The number of benzene rings is 1. The van der Waals surface area contributed by atoms with Crippen molar-refractivity contribution < 1.29 is 8.42 Å². The van der Waals surface area contributed by atoms with Crippen LogP contribution in [-0.2, 0) is 16.3 Å². The smallest absolute Gasteiger partial charge is 0.323 e. The van der Waals surface area contributed by atoms with Gasteiger partial charge in [0.2, 0.25) is 0 Å². The first-order valence-electron chi connectivity index (χ1n) is 9.04. The second-order valence-electron chi connectivity index (χ2n) is 7.32. The number of hydrogen-bond acceptors (Lipinski definition) is 5. The molecule has 0 aliphatic carbocycles. The fourth-order valence-electron chi connectivity index (χ4n) is 3.67. The van der Waals surface area contributed by atoms with E-state index in [-0.39, 0.29) is 23.4 Å². The fraction of sp³-hybridized carbons (Fsp3) is 0.368. The molecule has 3 N–H and O–H groups in total. The number of fused-ring (bicyclic) bond motifs is 2. The fourth-order valence-corrected chi connectivity index (χ4v) is 5.30. The van der Waals surface area contributed by atoms with E-state index in [0.29, 0.717) is 28.2 Å². The van der Waals surface area contributed by atoms with Crippen molar-refractivity contribution >= 4 is 26.7 Å². The van der Waals surface area contributed by atoms with Crippen LogP contribution in [0.5, 0.6) is 0 Å². The maximum absolute atomic E-state index is 12.5. The molecule has 8 heteroatoms. The monoisotopic (exact) mass is 386 g/mol. The Bertz CT molecular complexity index is 1160. The maximum atomic E-state index is 12.5. The van der Waals surface area contributed by atoms with Crippen LogP contribution >= 0.6 is 0 Å². The van der Waals surface area contributed by atoms with Crippen molar-refractivity contribution in [1.82, 2.24) is 15.0 Å². The van der Waals surface area contributed by atoms with Gasteiger partial charge in [-0.2, -0.15) is 0 Å². The van der Waals surface area contributed by atoms with Gasteiger partial charge in [-0.1, -0.05) is 26.0 Å². The van der Waals surface area contributed by atoms with Crippen molar-refractivity contribution in [3.8, 4) is 0 Å². The highest BCUT2D eigenvalue weighted by molar-refractivity contribution is 7.91. The molecule has 27 heavy (non-hydrogen) atoms. The molecule has 0 saturated carbocycles. The highest BCUT2D eigenvalue weighted by Gasteiger charge is 2.26. The molecule has 0 saturated heterocycles. The minimum absolute atomic E-state index is 0.149. The van der Waals surface area contributed by atoms with E-state index in [1.165, 1.54) is 0 Å².